The molecule has 0 saturated carbocycles. The van der Waals surface area contributed by atoms with E-state index in [0.717, 1.165) is 11.1 Å². The van der Waals surface area contributed by atoms with Crippen LogP contribution < -0.4 is 0 Å². The van der Waals surface area contributed by atoms with E-state index in [2.05, 4.69) is 0 Å². The van der Waals surface area contributed by atoms with E-state index in [1.807, 2.05) is 60.7 Å². The van der Waals surface area contributed by atoms with Crippen molar-refractivity contribution >= 4 is 5.97 Å². The van der Waals surface area contributed by atoms with E-state index in [4.69, 9.17) is 4.74 Å². The Bertz CT molecular complexity index is 950. The predicted octanol–water partition coefficient (Wildman–Crippen LogP) is 6.31. The lowest BCUT2D eigenvalue weighted by atomic mass is 9.68. The third kappa shape index (κ3) is 3.82. The van der Waals surface area contributed by atoms with Crippen molar-refractivity contribution in [1.82, 2.24) is 0 Å². The van der Waals surface area contributed by atoms with Gasteiger partial charge in [0.05, 0.1) is 0 Å². The molecule has 0 aliphatic heterocycles. The van der Waals surface area contributed by atoms with Crippen molar-refractivity contribution in [1.29, 1.82) is 0 Å². The number of esters is 1. The maximum absolute atomic E-state index is 17.0. The molecule has 0 saturated heterocycles. The first-order valence-corrected chi connectivity index (χ1v) is 9.78. The molecule has 2 nitrogen and oxygen atoms in total. The molecule has 1 unspecified atom stereocenters. The van der Waals surface area contributed by atoms with Crippen LogP contribution in [-0.4, -0.2) is 5.97 Å². The Balaban J connectivity index is 2.08. The first kappa shape index (κ1) is 20.8. The number of benzene rings is 3. The molecule has 1 atom stereocenters. The highest BCUT2D eigenvalue weighted by atomic mass is 19.1. The zero-order valence-electron chi connectivity index (χ0n) is 17.4. The summed E-state index contributed by atoms with van der Waals surface area (Å²) in [4.78, 5) is 13.5. The average molecular weight is 390 g/mol. The molecule has 29 heavy (non-hydrogen) atoms. The topological polar surface area (TPSA) is 26.3 Å². The molecule has 0 aliphatic carbocycles. The van der Waals surface area contributed by atoms with Gasteiger partial charge in [-0.2, -0.15) is 0 Å². The second-order valence-corrected chi connectivity index (χ2v) is 8.28. The normalized spacial score (nSPS) is 14.1. The number of alkyl halides is 1. The summed E-state index contributed by atoms with van der Waals surface area (Å²) in [6.07, 6.45) is 0. The molecule has 0 N–H and O–H groups in total. The lowest BCUT2D eigenvalue weighted by Gasteiger charge is -2.41. The second kappa shape index (κ2) is 7.82. The number of rotatable bonds is 6. The Morgan fingerprint density at radius 2 is 1.03 bits per heavy atom. The molecule has 0 heterocycles. The largest absolute Gasteiger partial charge is 0.452 e. The summed E-state index contributed by atoms with van der Waals surface area (Å²) in [7, 11) is 0. The first-order valence-electron chi connectivity index (χ1n) is 9.78. The third-order valence-electron chi connectivity index (χ3n) is 5.63. The summed E-state index contributed by atoms with van der Waals surface area (Å²) in [5.74, 6) is -0.897. The fourth-order valence-electron chi connectivity index (χ4n) is 3.66. The quantitative estimate of drug-likeness (QED) is 0.461. The van der Waals surface area contributed by atoms with Gasteiger partial charge in [0.15, 0.2) is 0 Å². The van der Waals surface area contributed by atoms with Crippen LogP contribution in [0.1, 0.15) is 44.4 Å². The van der Waals surface area contributed by atoms with Gasteiger partial charge in [-0.3, -0.25) is 0 Å². The van der Waals surface area contributed by atoms with E-state index in [-0.39, 0.29) is 5.56 Å². The Morgan fingerprint density at radius 1 is 0.655 bits per heavy atom. The lowest BCUT2D eigenvalue weighted by molar-refractivity contribution is -0.178. The van der Waals surface area contributed by atoms with Crippen LogP contribution in [0.4, 0.5) is 4.39 Å². The molecule has 3 heteroatoms. The molecular formula is C26H27FO2. The molecule has 0 fully saturated rings. The number of halogens is 1. The van der Waals surface area contributed by atoms with Gasteiger partial charge in [-0.25, -0.2) is 9.18 Å². The molecule has 3 rings (SSSR count). The van der Waals surface area contributed by atoms with Crippen molar-refractivity contribution in [3.05, 3.63) is 108 Å². The summed E-state index contributed by atoms with van der Waals surface area (Å²) in [6.45, 7) is 7.04. The minimum absolute atomic E-state index is 0.280. The van der Waals surface area contributed by atoms with Gasteiger partial charge in [0.25, 0.3) is 0 Å². The van der Waals surface area contributed by atoms with Crippen molar-refractivity contribution in [3.63, 3.8) is 0 Å². The number of hydrogen-bond acceptors (Lipinski definition) is 2. The molecule has 0 spiro atoms. The average Bonchev–Trinajstić information content (AvgIpc) is 2.74. The molecule has 0 aromatic heterocycles. The number of carbonyl (C=O) groups excluding carboxylic acids is 1. The Morgan fingerprint density at radius 3 is 1.48 bits per heavy atom. The molecule has 0 bridgehead atoms. The summed E-state index contributed by atoms with van der Waals surface area (Å²) in [5, 5.41) is 0. The van der Waals surface area contributed by atoms with E-state index < -0.39 is 22.7 Å². The number of ether oxygens (including phenoxy) is 1. The van der Waals surface area contributed by atoms with E-state index in [9.17, 15) is 4.79 Å². The SMILES string of the molecule is CC(C)(OC(=O)C(F)(c1ccccc1)C(C)(C)c1ccccc1)c1ccccc1. The predicted molar refractivity (Wildman–Crippen MR) is 114 cm³/mol. The molecule has 0 aliphatic rings. The highest BCUT2D eigenvalue weighted by Crippen LogP contribution is 2.47. The minimum atomic E-state index is -2.37. The van der Waals surface area contributed by atoms with Gasteiger partial charge in [0.1, 0.15) is 5.60 Å². The van der Waals surface area contributed by atoms with Crippen LogP contribution in [-0.2, 0) is 26.2 Å². The van der Waals surface area contributed by atoms with Gasteiger partial charge in [0.2, 0.25) is 5.67 Å². The highest BCUT2D eigenvalue weighted by molar-refractivity contribution is 5.84. The summed E-state index contributed by atoms with van der Waals surface area (Å²) >= 11 is 0. The zero-order valence-corrected chi connectivity index (χ0v) is 17.4. The first-order chi connectivity index (χ1) is 13.7. The Kier molecular flexibility index (Phi) is 5.61. The highest BCUT2D eigenvalue weighted by Gasteiger charge is 2.56. The van der Waals surface area contributed by atoms with Crippen LogP contribution in [0.5, 0.6) is 0 Å². The van der Waals surface area contributed by atoms with Crippen LogP contribution in [0.25, 0.3) is 0 Å². The van der Waals surface area contributed by atoms with Crippen LogP contribution in [0, 0.1) is 0 Å². The summed E-state index contributed by atoms with van der Waals surface area (Å²) in [5.41, 5.74) is -2.69. The minimum Gasteiger partial charge on any atom is -0.452 e. The van der Waals surface area contributed by atoms with Crippen LogP contribution in [0.15, 0.2) is 91.0 Å². The monoisotopic (exact) mass is 390 g/mol. The Labute approximate surface area is 172 Å². The summed E-state index contributed by atoms with van der Waals surface area (Å²) < 4.78 is 22.8. The number of hydrogen-bond donors (Lipinski definition) is 0. The van der Waals surface area contributed by atoms with E-state index >= 15 is 4.39 Å². The zero-order chi connectivity index (χ0) is 21.1. The summed E-state index contributed by atoms with van der Waals surface area (Å²) in [6, 6.07) is 27.2. The van der Waals surface area contributed by atoms with Gasteiger partial charge in [-0.1, -0.05) is 105 Å². The maximum atomic E-state index is 17.0. The molecule has 0 radical (unpaired) electrons. The van der Waals surface area contributed by atoms with Gasteiger partial charge < -0.3 is 4.74 Å². The molecule has 3 aromatic rings. The van der Waals surface area contributed by atoms with Crippen molar-refractivity contribution in [2.24, 2.45) is 0 Å². The van der Waals surface area contributed by atoms with Gasteiger partial charge in [0, 0.05) is 11.0 Å². The third-order valence-corrected chi connectivity index (χ3v) is 5.63. The van der Waals surface area contributed by atoms with E-state index in [0.29, 0.717) is 0 Å². The van der Waals surface area contributed by atoms with Crippen LogP contribution in [0.3, 0.4) is 0 Å². The van der Waals surface area contributed by atoms with Crippen molar-refractivity contribution in [2.45, 2.75) is 44.4 Å². The van der Waals surface area contributed by atoms with Crippen LogP contribution >= 0.6 is 0 Å². The maximum Gasteiger partial charge on any atom is 0.350 e. The Hall–Kier alpha value is -2.94. The molecule has 3 aromatic carbocycles. The molecule has 0 amide bonds. The molecule has 150 valence electrons. The fraction of sp³-hybridized carbons (Fsp3) is 0.269. The lowest BCUT2D eigenvalue weighted by Crippen LogP contribution is -2.50. The van der Waals surface area contributed by atoms with Crippen molar-refractivity contribution < 1.29 is 13.9 Å². The van der Waals surface area contributed by atoms with Crippen molar-refractivity contribution in [2.75, 3.05) is 0 Å². The van der Waals surface area contributed by atoms with Crippen LogP contribution in [0.2, 0.25) is 0 Å². The van der Waals surface area contributed by atoms with Crippen molar-refractivity contribution in [3.8, 4) is 0 Å². The van der Waals surface area contributed by atoms with E-state index in [1.165, 1.54) is 0 Å². The molecular weight excluding hydrogens is 363 g/mol. The van der Waals surface area contributed by atoms with Gasteiger partial charge in [-0.15, -0.1) is 0 Å². The second-order valence-electron chi connectivity index (χ2n) is 8.28. The smallest absolute Gasteiger partial charge is 0.350 e. The van der Waals surface area contributed by atoms with Gasteiger partial charge >= 0.3 is 5.97 Å². The number of carbonyl (C=O) groups is 1. The standard InChI is InChI=1S/C26H27FO2/c1-24(2,20-14-8-5-9-15-20)26(27,22-18-12-7-13-19-22)23(28)29-25(3,4)21-16-10-6-11-17-21/h5-19H,1-4H3. The van der Waals surface area contributed by atoms with E-state index in [1.54, 1.807) is 58.0 Å². The fourth-order valence-corrected chi connectivity index (χ4v) is 3.66. The van der Waals surface area contributed by atoms with Gasteiger partial charge in [-0.05, 0) is 25.0 Å².